The number of nitrogens with one attached hydrogen (secondary N) is 2. The number of hydrogen-bond acceptors (Lipinski definition) is 3. The van der Waals surface area contributed by atoms with Crippen LogP contribution in [0.5, 0.6) is 0 Å². The molecule has 1 aromatic heterocycles. The van der Waals surface area contributed by atoms with Gasteiger partial charge in [-0.1, -0.05) is 29.8 Å². The highest BCUT2D eigenvalue weighted by molar-refractivity contribution is 7.89. The number of sulfonamides is 1. The van der Waals surface area contributed by atoms with Crippen molar-refractivity contribution in [2.45, 2.75) is 24.3 Å². The summed E-state index contributed by atoms with van der Waals surface area (Å²) < 4.78 is 26.4. The van der Waals surface area contributed by atoms with E-state index in [-0.39, 0.29) is 0 Å². The maximum Gasteiger partial charge on any atom is 0.272 e. The van der Waals surface area contributed by atoms with Gasteiger partial charge in [0.05, 0.1) is 0 Å². The van der Waals surface area contributed by atoms with E-state index in [0.29, 0.717) is 29.6 Å². The van der Waals surface area contributed by atoms with Gasteiger partial charge in [-0.15, -0.1) is 0 Å². The fraction of sp³-hybridized carbons (Fsp3) is 0.312. The molecule has 1 aliphatic heterocycles. The molecule has 122 valence electrons. The zero-order chi connectivity index (χ0) is 16.3. The highest BCUT2D eigenvalue weighted by atomic mass is 35.5. The quantitative estimate of drug-likeness (QED) is 0.899. The average Bonchev–Trinajstić information content (AvgIpc) is 3.10. The molecule has 1 fully saturated rings. The molecule has 3 rings (SSSR count). The number of aromatic amines is 1. The molecule has 2 aromatic rings. The first-order chi connectivity index (χ1) is 11.1. The molecule has 1 aromatic carbocycles. The van der Waals surface area contributed by atoms with Crippen LogP contribution >= 0.6 is 11.6 Å². The van der Waals surface area contributed by atoms with Gasteiger partial charge in [-0.3, -0.25) is 5.32 Å². The standard InChI is InChI=1S/C16H18ClN3O2S/c17-15-6-2-1-5-13(15)11-18-16-8-7-14(12-19-16)23(21,22)20-9-3-4-10-20/h1-2,5-8,12H,3-4,9-11H2,(H,18,19)/p+1. The van der Waals surface area contributed by atoms with E-state index in [4.69, 9.17) is 11.6 Å². The number of halogens is 1. The van der Waals surface area contributed by atoms with Crippen LogP contribution in [0.15, 0.2) is 47.5 Å². The van der Waals surface area contributed by atoms with Crippen LogP contribution in [0.1, 0.15) is 18.4 Å². The van der Waals surface area contributed by atoms with Crippen LogP contribution in [0.25, 0.3) is 0 Å². The maximum atomic E-state index is 12.4. The summed E-state index contributed by atoms with van der Waals surface area (Å²) in [4.78, 5) is 3.29. The number of pyridine rings is 1. The van der Waals surface area contributed by atoms with Gasteiger partial charge in [0.15, 0.2) is 0 Å². The molecule has 0 radical (unpaired) electrons. The molecule has 1 aliphatic rings. The predicted molar refractivity (Wildman–Crippen MR) is 89.8 cm³/mol. The molecule has 0 amide bonds. The molecular formula is C16H19ClN3O2S+. The summed E-state index contributed by atoms with van der Waals surface area (Å²) in [6.45, 7) is 1.78. The van der Waals surface area contributed by atoms with E-state index >= 15 is 0 Å². The number of hydrogen-bond donors (Lipinski definition) is 1. The Hall–Kier alpha value is -1.63. The Morgan fingerprint density at radius 3 is 2.52 bits per heavy atom. The molecule has 0 spiro atoms. The second-order valence-corrected chi connectivity index (χ2v) is 7.84. The molecule has 5 nitrogen and oxygen atoms in total. The van der Waals surface area contributed by atoms with Gasteiger partial charge in [0.1, 0.15) is 17.6 Å². The summed E-state index contributed by atoms with van der Waals surface area (Å²) in [5, 5.41) is 3.90. The van der Waals surface area contributed by atoms with Crippen LogP contribution in [0.2, 0.25) is 5.02 Å². The summed E-state index contributed by atoms with van der Waals surface area (Å²) in [5.41, 5.74) is 0.983. The molecule has 0 atom stereocenters. The van der Waals surface area contributed by atoms with E-state index in [2.05, 4.69) is 10.3 Å². The molecule has 0 aliphatic carbocycles. The molecular weight excluding hydrogens is 334 g/mol. The number of benzene rings is 1. The zero-order valence-corrected chi connectivity index (χ0v) is 14.2. The van der Waals surface area contributed by atoms with Crippen molar-refractivity contribution in [2.24, 2.45) is 0 Å². The Morgan fingerprint density at radius 1 is 1.13 bits per heavy atom. The van der Waals surface area contributed by atoms with Gasteiger partial charge in [0.2, 0.25) is 10.0 Å². The average molecular weight is 353 g/mol. The van der Waals surface area contributed by atoms with Gasteiger partial charge in [-0.05, 0) is 25.0 Å². The summed E-state index contributed by atoms with van der Waals surface area (Å²) >= 11 is 6.11. The zero-order valence-electron chi connectivity index (χ0n) is 12.6. The lowest BCUT2D eigenvalue weighted by Gasteiger charge is -2.14. The molecule has 0 unspecified atom stereocenters. The molecule has 0 bridgehead atoms. The Bertz CT molecular complexity index is 772. The topological polar surface area (TPSA) is 63.6 Å². The maximum absolute atomic E-state index is 12.4. The first-order valence-electron chi connectivity index (χ1n) is 7.56. The van der Waals surface area contributed by atoms with Crippen LogP contribution in [0.3, 0.4) is 0 Å². The third kappa shape index (κ3) is 3.65. The molecule has 23 heavy (non-hydrogen) atoms. The first-order valence-corrected chi connectivity index (χ1v) is 9.38. The Kier molecular flexibility index (Phi) is 4.84. The van der Waals surface area contributed by atoms with Crippen molar-refractivity contribution in [2.75, 3.05) is 18.4 Å². The van der Waals surface area contributed by atoms with Crippen molar-refractivity contribution in [3.63, 3.8) is 0 Å². The normalized spacial score (nSPS) is 15.7. The Labute approximate surface area is 141 Å². The van der Waals surface area contributed by atoms with E-state index in [0.717, 1.165) is 24.2 Å². The minimum absolute atomic E-state index is 0.294. The van der Waals surface area contributed by atoms with Gasteiger partial charge in [0, 0.05) is 29.7 Å². The largest absolute Gasteiger partial charge is 0.272 e. The number of H-pyrrole nitrogens is 1. The van der Waals surface area contributed by atoms with Crippen molar-refractivity contribution in [3.05, 3.63) is 53.2 Å². The molecule has 0 saturated carbocycles. The van der Waals surface area contributed by atoms with Gasteiger partial charge in [-0.25, -0.2) is 13.4 Å². The first kappa shape index (κ1) is 16.2. The van der Waals surface area contributed by atoms with E-state index in [9.17, 15) is 8.42 Å². The molecule has 2 heterocycles. The van der Waals surface area contributed by atoms with Crippen molar-refractivity contribution in [3.8, 4) is 0 Å². The molecule has 1 saturated heterocycles. The van der Waals surface area contributed by atoms with Crippen molar-refractivity contribution < 1.29 is 13.4 Å². The SMILES string of the molecule is O=S(=O)(c1ccc(NCc2ccccc2Cl)[nH+]c1)N1CCCC1. The summed E-state index contributed by atoms with van der Waals surface area (Å²) in [6.07, 6.45) is 3.39. The van der Waals surface area contributed by atoms with Gasteiger partial charge in [0.25, 0.3) is 5.82 Å². The van der Waals surface area contributed by atoms with Crippen LogP contribution in [-0.2, 0) is 16.6 Å². The lowest BCUT2D eigenvalue weighted by atomic mass is 10.2. The minimum Gasteiger partial charge on any atom is -0.270 e. The van der Waals surface area contributed by atoms with Gasteiger partial charge in [-0.2, -0.15) is 4.31 Å². The number of nitrogens with zero attached hydrogens (tertiary/aromatic N) is 1. The second kappa shape index (κ2) is 6.86. The third-order valence-electron chi connectivity index (χ3n) is 3.91. The van der Waals surface area contributed by atoms with E-state index < -0.39 is 10.0 Å². The lowest BCUT2D eigenvalue weighted by Crippen LogP contribution is -2.29. The van der Waals surface area contributed by atoms with E-state index in [1.54, 1.807) is 12.1 Å². The van der Waals surface area contributed by atoms with Gasteiger partial charge >= 0.3 is 0 Å². The number of rotatable bonds is 5. The summed E-state index contributed by atoms with van der Waals surface area (Å²) in [5.74, 6) is 0.741. The van der Waals surface area contributed by atoms with Crippen molar-refractivity contribution in [1.29, 1.82) is 0 Å². The highest BCUT2D eigenvalue weighted by Gasteiger charge is 2.27. The van der Waals surface area contributed by atoms with Crippen LogP contribution in [0, 0.1) is 0 Å². The fourth-order valence-corrected chi connectivity index (χ4v) is 4.28. The third-order valence-corrected chi connectivity index (χ3v) is 6.18. The highest BCUT2D eigenvalue weighted by Crippen LogP contribution is 2.20. The smallest absolute Gasteiger partial charge is 0.270 e. The monoisotopic (exact) mass is 352 g/mol. The summed E-state index contributed by atoms with van der Waals surface area (Å²) in [6, 6.07) is 11.0. The fourth-order valence-electron chi connectivity index (χ4n) is 2.59. The minimum atomic E-state index is -3.38. The second-order valence-electron chi connectivity index (χ2n) is 5.49. The van der Waals surface area contributed by atoms with Crippen molar-refractivity contribution in [1.82, 2.24) is 4.31 Å². The van der Waals surface area contributed by atoms with Crippen LogP contribution < -0.4 is 10.3 Å². The van der Waals surface area contributed by atoms with E-state index in [1.807, 2.05) is 24.3 Å². The van der Waals surface area contributed by atoms with Crippen LogP contribution in [0.4, 0.5) is 5.82 Å². The van der Waals surface area contributed by atoms with Crippen LogP contribution in [-0.4, -0.2) is 25.8 Å². The number of aromatic nitrogens is 1. The van der Waals surface area contributed by atoms with E-state index in [1.165, 1.54) is 10.5 Å². The Balaban J connectivity index is 1.69. The Morgan fingerprint density at radius 2 is 1.87 bits per heavy atom. The summed E-state index contributed by atoms with van der Waals surface area (Å²) in [7, 11) is -3.38. The molecule has 7 heteroatoms. The van der Waals surface area contributed by atoms with Gasteiger partial charge < -0.3 is 0 Å². The van der Waals surface area contributed by atoms with Crippen molar-refractivity contribution >= 4 is 27.4 Å². The lowest BCUT2D eigenvalue weighted by molar-refractivity contribution is -0.364. The predicted octanol–water partition coefficient (Wildman–Crippen LogP) is 2.55. The number of anilines is 1. The molecule has 2 N–H and O–H groups in total.